The summed E-state index contributed by atoms with van der Waals surface area (Å²) in [6.45, 7) is 3.31. The first kappa shape index (κ1) is 16.9. The lowest BCUT2D eigenvalue weighted by Crippen LogP contribution is -2.45. The SMILES string of the molecule is Cc1cnc(CCNC(=O)N[C@H]2CCO[C@H](c3ccccc3)C2)s1. The highest BCUT2D eigenvalue weighted by Crippen LogP contribution is 2.27. The van der Waals surface area contributed by atoms with Crippen molar-refractivity contribution in [2.75, 3.05) is 13.2 Å². The molecular weight excluding hydrogens is 322 g/mol. The number of hydrogen-bond acceptors (Lipinski definition) is 4. The molecule has 1 fully saturated rings. The zero-order valence-corrected chi connectivity index (χ0v) is 14.6. The molecule has 2 amide bonds. The molecule has 0 aliphatic carbocycles. The lowest BCUT2D eigenvalue weighted by Gasteiger charge is -2.30. The number of nitrogens with zero attached hydrogens (tertiary/aromatic N) is 1. The number of thiazole rings is 1. The molecule has 0 spiro atoms. The van der Waals surface area contributed by atoms with Gasteiger partial charge in [0.15, 0.2) is 0 Å². The third kappa shape index (κ3) is 4.79. The molecule has 2 heterocycles. The van der Waals surface area contributed by atoms with Gasteiger partial charge in [-0.05, 0) is 25.3 Å². The third-order valence-corrected chi connectivity index (χ3v) is 5.06. The predicted octanol–water partition coefficient (Wildman–Crippen LogP) is 3.21. The van der Waals surface area contributed by atoms with Crippen LogP contribution in [0.15, 0.2) is 36.5 Å². The molecule has 2 aromatic rings. The standard InChI is InChI=1S/C18H23N3O2S/c1-13-12-20-17(24-13)7-9-19-18(22)21-15-8-10-23-16(11-15)14-5-3-2-4-6-14/h2-6,12,15-16H,7-11H2,1H3,(H2,19,21,22)/t15-,16-/m0/s1. The lowest BCUT2D eigenvalue weighted by atomic mass is 9.97. The van der Waals surface area contributed by atoms with Gasteiger partial charge in [-0.15, -0.1) is 11.3 Å². The molecule has 5 nitrogen and oxygen atoms in total. The zero-order chi connectivity index (χ0) is 16.8. The van der Waals surface area contributed by atoms with E-state index in [0.29, 0.717) is 13.2 Å². The van der Waals surface area contributed by atoms with Crippen molar-refractivity contribution >= 4 is 17.4 Å². The molecule has 6 heteroatoms. The van der Waals surface area contributed by atoms with Crippen LogP contribution in [-0.4, -0.2) is 30.2 Å². The number of urea groups is 1. The molecule has 128 valence electrons. The van der Waals surface area contributed by atoms with Crippen LogP contribution in [0.3, 0.4) is 0 Å². The van der Waals surface area contributed by atoms with Crippen LogP contribution in [0.25, 0.3) is 0 Å². The van der Waals surface area contributed by atoms with Crippen LogP contribution in [0.5, 0.6) is 0 Å². The van der Waals surface area contributed by atoms with Crippen LogP contribution >= 0.6 is 11.3 Å². The van der Waals surface area contributed by atoms with Gasteiger partial charge >= 0.3 is 6.03 Å². The fraction of sp³-hybridized carbons (Fsp3) is 0.444. The molecule has 1 saturated heterocycles. The molecule has 0 bridgehead atoms. The maximum Gasteiger partial charge on any atom is 0.315 e. The van der Waals surface area contributed by atoms with Crippen LogP contribution in [0.2, 0.25) is 0 Å². The molecule has 2 atom stereocenters. The van der Waals surface area contributed by atoms with Crippen LogP contribution in [0.4, 0.5) is 4.79 Å². The molecule has 0 saturated carbocycles. The Bertz CT molecular complexity index is 659. The molecule has 0 unspecified atom stereocenters. The van der Waals surface area contributed by atoms with Crippen molar-refractivity contribution < 1.29 is 9.53 Å². The summed E-state index contributed by atoms with van der Waals surface area (Å²) >= 11 is 1.67. The van der Waals surface area contributed by atoms with E-state index < -0.39 is 0 Å². The molecule has 1 aliphatic rings. The Morgan fingerprint density at radius 1 is 1.38 bits per heavy atom. The summed E-state index contributed by atoms with van der Waals surface area (Å²) in [5, 5.41) is 7.04. The quantitative estimate of drug-likeness (QED) is 0.875. The first-order valence-electron chi connectivity index (χ1n) is 8.33. The monoisotopic (exact) mass is 345 g/mol. The largest absolute Gasteiger partial charge is 0.373 e. The molecule has 3 rings (SSSR count). The summed E-state index contributed by atoms with van der Waals surface area (Å²) in [5.41, 5.74) is 1.17. The number of ether oxygens (including phenoxy) is 1. The Hall–Kier alpha value is -1.92. The van der Waals surface area contributed by atoms with Crippen molar-refractivity contribution in [3.8, 4) is 0 Å². The van der Waals surface area contributed by atoms with Gasteiger partial charge in [0.1, 0.15) is 0 Å². The number of carbonyl (C=O) groups excluding carboxylic acids is 1. The van der Waals surface area contributed by atoms with Crippen molar-refractivity contribution in [3.05, 3.63) is 52.0 Å². The number of aryl methyl sites for hydroxylation is 1. The Morgan fingerprint density at radius 2 is 2.21 bits per heavy atom. The van der Waals surface area contributed by atoms with Crippen LogP contribution in [0, 0.1) is 6.92 Å². The summed E-state index contributed by atoms with van der Waals surface area (Å²) in [6.07, 6.45) is 4.35. The van der Waals surface area contributed by atoms with E-state index in [1.807, 2.05) is 31.3 Å². The smallest absolute Gasteiger partial charge is 0.315 e. The Balaban J connectivity index is 1.42. The normalized spacial score (nSPS) is 20.5. The second-order valence-corrected chi connectivity index (χ2v) is 7.33. The highest BCUT2D eigenvalue weighted by molar-refractivity contribution is 7.11. The van der Waals surface area contributed by atoms with Gasteiger partial charge in [0, 0.05) is 36.7 Å². The zero-order valence-electron chi connectivity index (χ0n) is 13.8. The second kappa shape index (κ2) is 8.26. The van der Waals surface area contributed by atoms with Gasteiger partial charge < -0.3 is 15.4 Å². The predicted molar refractivity (Wildman–Crippen MR) is 95.2 cm³/mol. The van der Waals surface area contributed by atoms with E-state index in [-0.39, 0.29) is 18.2 Å². The van der Waals surface area contributed by atoms with Crippen molar-refractivity contribution in [3.63, 3.8) is 0 Å². The van der Waals surface area contributed by atoms with E-state index in [0.717, 1.165) is 24.3 Å². The Labute approximate surface area is 146 Å². The van der Waals surface area contributed by atoms with Crippen LogP contribution < -0.4 is 10.6 Å². The summed E-state index contributed by atoms with van der Waals surface area (Å²) in [4.78, 5) is 17.6. The topological polar surface area (TPSA) is 63.2 Å². The fourth-order valence-corrected chi connectivity index (χ4v) is 3.65. The van der Waals surface area contributed by atoms with E-state index in [1.54, 1.807) is 11.3 Å². The van der Waals surface area contributed by atoms with Gasteiger partial charge in [0.25, 0.3) is 0 Å². The summed E-state index contributed by atoms with van der Waals surface area (Å²) in [6, 6.07) is 10.2. The molecule has 2 N–H and O–H groups in total. The van der Waals surface area contributed by atoms with E-state index in [4.69, 9.17) is 4.74 Å². The van der Waals surface area contributed by atoms with Crippen LogP contribution in [-0.2, 0) is 11.2 Å². The second-order valence-electron chi connectivity index (χ2n) is 6.01. The van der Waals surface area contributed by atoms with Gasteiger partial charge in [-0.25, -0.2) is 9.78 Å². The maximum absolute atomic E-state index is 12.1. The highest BCUT2D eigenvalue weighted by Gasteiger charge is 2.24. The number of carbonyl (C=O) groups is 1. The average molecular weight is 345 g/mol. The van der Waals surface area contributed by atoms with E-state index in [1.165, 1.54) is 10.4 Å². The number of aromatic nitrogens is 1. The summed E-state index contributed by atoms with van der Waals surface area (Å²) in [5.74, 6) is 0. The van der Waals surface area contributed by atoms with Crippen molar-refractivity contribution in [1.82, 2.24) is 15.6 Å². The molecule has 1 aliphatic heterocycles. The minimum Gasteiger partial charge on any atom is -0.373 e. The molecular formula is C18H23N3O2S. The average Bonchev–Trinajstić information content (AvgIpc) is 3.01. The lowest BCUT2D eigenvalue weighted by molar-refractivity contribution is 0.00227. The first-order chi connectivity index (χ1) is 11.7. The van der Waals surface area contributed by atoms with Gasteiger partial charge in [0.05, 0.1) is 11.1 Å². The minimum absolute atomic E-state index is 0.0588. The Kier molecular flexibility index (Phi) is 5.82. The van der Waals surface area contributed by atoms with Gasteiger partial charge in [-0.1, -0.05) is 30.3 Å². The molecule has 0 radical (unpaired) electrons. The third-order valence-electron chi connectivity index (χ3n) is 4.08. The van der Waals surface area contributed by atoms with Gasteiger partial charge in [0.2, 0.25) is 0 Å². The number of hydrogen-bond donors (Lipinski definition) is 2. The van der Waals surface area contributed by atoms with E-state index in [2.05, 4.69) is 27.8 Å². The number of amides is 2. The summed E-state index contributed by atoms with van der Waals surface area (Å²) in [7, 11) is 0. The Morgan fingerprint density at radius 3 is 2.96 bits per heavy atom. The molecule has 1 aromatic heterocycles. The number of benzene rings is 1. The van der Waals surface area contributed by atoms with E-state index in [9.17, 15) is 4.79 Å². The van der Waals surface area contributed by atoms with E-state index >= 15 is 0 Å². The summed E-state index contributed by atoms with van der Waals surface area (Å²) < 4.78 is 5.84. The number of nitrogens with one attached hydrogen (secondary N) is 2. The van der Waals surface area contributed by atoms with Crippen molar-refractivity contribution in [2.24, 2.45) is 0 Å². The van der Waals surface area contributed by atoms with Crippen molar-refractivity contribution in [1.29, 1.82) is 0 Å². The minimum atomic E-state index is -0.109. The highest BCUT2D eigenvalue weighted by atomic mass is 32.1. The van der Waals surface area contributed by atoms with Crippen molar-refractivity contribution in [2.45, 2.75) is 38.3 Å². The fourth-order valence-electron chi connectivity index (χ4n) is 2.86. The van der Waals surface area contributed by atoms with Gasteiger partial charge in [-0.2, -0.15) is 0 Å². The first-order valence-corrected chi connectivity index (χ1v) is 9.14. The van der Waals surface area contributed by atoms with Crippen LogP contribution in [0.1, 0.15) is 34.4 Å². The molecule has 24 heavy (non-hydrogen) atoms. The van der Waals surface area contributed by atoms with Gasteiger partial charge in [-0.3, -0.25) is 0 Å². The number of rotatable bonds is 5. The molecule has 1 aromatic carbocycles. The maximum atomic E-state index is 12.1.